The number of hydrogen-bond donors (Lipinski definition) is 0. The molecule has 1 aromatic heterocycles. The van der Waals surface area contributed by atoms with Crippen LogP contribution in [0.3, 0.4) is 0 Å². The van der Waals surface area contributed by atoms with Gasteiger partial charge in [-0.2, -0.15) is 11.8 Å². The lowest BCUT2D eigenvalue weighted by Crippen LogP contribution is -2.16. The smallest absolute Gasteiger partial charge is 0.357 e. The van der Waals surface area contributed by atoms with Gasteiger partial charge in [0, 0.05) is 22.1 Å². The van der Waals surface area contributed by atoms with Crippen molar-refractivity contribution in [1.29, 1.82) is 0 Å². The van der Waals surface area contributed by atoms with E-state index in [1.807, 2.05) is 23.5 Å². The van der Waals surface area contributed by atoms with Crippen molar-refractivity contribution < 1.29 is 9.53 Å². The Bertz CT molecular complexity index is 394. The molecule has 1 aliphatic heterocycles. The normalized spacial score (nSPS) is 24.6. The maximum absolute atomic E-state index is 11.5. The summed E-state index contributed by atoms with van der Waals surface area (Å²) in [6.07, 6.45) is 0. The summed E-state index contributed by atoms with van der Waals surface area (Å²) in [5.74, 6) is 2.06. The highest BCUT2D eigenvalue weighted by Crippen LogP contribution is 2.43. The van der Waals surface area contributed by atoms with Crippen LogP contribution in [-0.4, -0.2) is 34.3 Å². The third kappa shape index (κ3) is 3.17. The van der Waals surface area contributed by atoms with Crippen molar-refractivity contribution in [3.05, 3.63) is 16.1 Å². The first-order valence-electron chi connectivity index (χ1n) is 5.58. The number of hydrogen-bond acceptors (Lipinski definition) is 6. The molecule has 6 heteroatoms. The summed E-state index contributed by atoms with van der Waals surface area (Å²) in [5, 5.41) is 3.84. The summed E-state index contributed by atoms with van der Waals surface area (Å²) in [6.45, 7) is 4.43. The molecule has 1 saturated heterocycles. The molecular weight excluding hydrogens is 274 g/mol. The second-order valence-corrected chi connectivity index (χ2v) is 7.28. The molecule has 1 aliphatic rings. The summed E-state index contributed by atoms with van der Waals surface area (Å²) in [6, 6.07) is 0. The van der Waals surface area contributed by atoms with E-state index in [9.17, 15) is 4.79 Å². The van der Waals surface area contributed by atoms with Crippen LogP contribution in [0.25, 0.3) is 0 Å². The molecule has 0 radical (unpaired) electrons. The lowest BCUT2D eigenvalue weighted by molar-refractivity contribution is 0.0520. The zero-order valence-corrected chi connectivity index (χ0v) is 12.3. The number of carbonyl (C=O) groups is 1. The van der Waals surface area contributed by atoms with Gasteiger partial charge in [0.2, 0.25) is 0 Å². The fraction of sp³-hybridized carbons (Fsp3) is 0.636. The van der Waals surface area contributed by atoms with Gasteiger partial charge < -0.3 is 4.74 Å². The number of carbonyl (C=O) groups excluding carboxylic acids is 1. The predicted octanol–water partition coefficient (Wildman–Crippen LogP) is 3.23. The Balaban J connectivity index is 2.09. The standard InChI is InChI=1S/C11H15NO2S3/c1-3-14-11(13)8-6-17-10(12-8)9-7(2)15-4-5-16-9/h6-7,9H,3-5H2,1-2H3. The van der Waals surface area contributed by atoms with Crippen molar-refractivity contribution >= 4 is 40.8 Å². The first-order valence-corrected chi connectivity index (χ1v) is 8.56. The van der Waals surface area contributed by atoms with Crippen LogP contribution in [0, 0.1) is 0 Å². The van der Waals surface area contributed by atoms with Crippen LogP contribution in [0.15, 0.2) is 5.38 Å². The fourth-order valence-electron chi connectivity index (χ4n) is 1.62. The van der Waals surface area contributed by atoms with Crippen molar-refractivity contribution in [2.45, 2.75) is 24.3 Å². The van der Waals surface area contributed by atoms with E-state index in [0.29, 0.717) is 22.8 Å². The quantitative estimate of drug-likeness (QED) is 0.799. The number of rotatable bonds is 3. The molecule has 0 aliphatic carbocycles. The molecule has 1 fully saturated rings. The van der Waals surface area contributed by atoms with Gasteiger partial charge in [-0.3, -0.25) is 0 Å². The molecule has 2 unspecified atom stereocenters. The minimum atomic E-state index is -0.309. The van der Waals surface area contributed by atoms with Gasteiger partial charge in [-0.05, 0) is 6.92 Å². The topological polar surface area (TPSA) is 39.2 Å². The number of esters is 1. The van der Waals surface area contributed by atoms with E-state index in [4.69, 9.17) is 4.74 Å². The van der Waals surface area contributed by atoms with Crippen LogP contribution in [0.2, 0.25) is 0 Å². The lowest BCUT2D eigenvalue weighted by atomic mass is 10.3. The molecule has 0 N–H and O–H groups in total. The van der Waals surface area contributed by atoms with E-state index in [1.54, 1.807) is 23.6 Å². The summed E-state index contributed by atoms with van der Waals surface area (Å²) in [5.41, 5.74) is 0.454. The number of ether oxygens (including phenoxy) is 1. The summed E-state index contributed by atoms with van der Waals surface area (Å²) in [7, 11) is 0. The van der Waals surface area contributed by atoms with E-state index in [-0.39, 0.29) is 5.97 Å². The Labute approximate surface area is 114 Å². The molecule has 0 spiro atoms. The third-order valence-electron chi connectivity index (χ3n) is 2.44. The lowest BCUT2D eigenvalue weighted by Gasteiger charge is -2.25. The summed E-state index contributed by atoms with van der Waals surface area (Å²) in [4.78, 5) is 15.9. The Morgan fingerprint density at radius 2 is 2.29 bits per heavy atom. The van der Waals surface area contributed by atoms with Crippen molar-refractivity contribution in [2.24, 2.45) is 0 Å². The number of thiazole rings is 1. The third-order valence-corrected chi connectivity index (χ3v) is 6.61. The maximum atomic E-state index is 11.5. The fourth-order valence-corrected chi connectivity index (χ4v) is 5.59. The average Bonchev–Trinajstić information content (AvgIpc) is 2.79. The SMILES string of the molecule is CCOC(=O)c1csc(C2SCCSC2C)n1. The van der Waals surface area contributed by atoms with Gasteiger partial charge in [0.15, 0.2) is 5.69 Å². The van der Waals surface area contributed by atoms with Crippen molar-refractivity contribution in [1.82, 2.24) is 4.98 Å². The first kappa shape index (κ1) is 13.2. The van der Waals surface area contributed by atoms with Gasteiger partial charge in [0.05, 0.1) is 11.9 Å². The van der Waals surface area contributed by atoms with Crippen LogP contribution < -0.4 is 0 Å². The molecule has 94 valence electrons. The van der Waals surface area contributed by atoms with Gasteiger partial charge in [-0.1, -0.05) is 6.92 Å². The molecule has 0 amide bonds. The number of thioether (sulfide) groups is 2. The largest absolute Gasteiger partial charge is 0.461 e. The average molecular weight is 289 g/mol. The first-order chi connectivity index (χ1) is 8.22. The van der Waals surface area contributed by atoms with Crippen molar-refractivity contribution in [3.63, 3.8) is 0 Å². The maximum Gasteiger partial charge on any atom is 0.357 e. The van der Waals surface area contributed by atoms with Gasteiger partial charge in [-0.25, -0.2) is 9.78 Å². The number of aromatic nitrogens is 1. The molecule has 2 atom stereocenters. The van der Waals surface area contributed by atoms with E-state index in [0.717, 1.165) is 10.8 Å². The van der Waals surface area contributed by atoms with Crippen LogP contribution in [0.4, 0.5) is 0 Å². The monoisotopic (exact) mass is 289 g/mol. The summed E-state index contributed by atoms with van der Waals surface area (Å²) >= 11 is 5.48. The zero-order valence-electron chi connectivity index (χ0n) is 9.84. The minimum absolute atomic E-state index is 0.309. The molecule has 2 heterocycles. The second-order valence-electron chi connectivity index (χ2n) is 3.66. The van der Waals surface area contributed by atoms with E-state index in [1.165, 1.54) is 5.75 Å². The Kier molecular flexibility index (Phi) is 4.76. The van der Waals surface area contributed by atoms with Gasteiger partial charge in [-0.15, -0.1) is 23.1 Å². The van der Waals surface area contributed by atoms with Crippen molar-refractivity contribution in [2.75, 3.05) is 18.1 Å². The molecule has 2 rings (SSSR count). The Morgan fingerprint density at radius 3 is 3.00 bits per heavy atom. The van der Waals surface area contributed by atoms with Gasteiger partial charge in [0.25, 0.3) is 0 Å². The second kappa shape index (κ2) is 6.11. The molecule has 17 heavy (non-hydrogen) atoms. The minimum Gasteiger partial charge on any atom is -0.461 e. The van der Waals surface area contributed by atoms with E-state index < -0.39 is 0 Å². The number of nitrogens with zero attached hydrogens (tertiary/aromatic N) is 1. The highest BCUT2D eigenvalue weighted by molar-refractivity contribution is 8.06. The molecular formula is C11H15NO2S3. The van der Waals surface area contributed by atoms with Gasteiger partial charge in [0.1, 0.15) is 5.01 Å². The zero-order chi connectivity index (χ0) is 12.3. The van der Waals surface area contributed by atoms with E-state index >= 15 is 0 Å². The van der Waals surface area contributed by atoms with Crippen LogP contribution >= 0.6 is 34.9 Å². The molecule has 3 nitrogen and oxygen atoms in total. The molecule has 0 saturated carbocycles. The Hall–Kier alpha value is -0.200. The van der Waals surface area contributed by atoms with Crippen molar-refractivity contribution in [3.8, 4) is 0 Å². The van der Waals surface area contributed by atoms with Gasteiger partial charge >= 0.3 is 5.97 Å². The summed E-state index contributed by atoms with van der Waals surface area (Å²) < 4.78 is 4.95. The van der Waals surface area contributed by atoms with Crippen LogP contribution in [0.1, 0.15) is 34.6 Å². The molecule has 0 bridgehead atoms. The van der Waals surface area contributed by atoms with E-state index in [2.05, 4.69) is 11.9 Å². The molecule has 1 aromatic rings. The highest BCUT2D eigenvalue weighted by Gasteiger charge is 2.27. The Morgan fingerprint density at radius 1 is 1.53 bits per heavy atom. The van der Waals surface area contributed by atoms with Crippen LogP contribution in [-0.2, 0) is 4.74 Å². The molecule has 0 aromatic carbocycles. The highest BCUT2D eigenvalue weighted by atomic mass is 32.2. The van der Waals surface area contributed by atoms with Crippen LogP contribution in [0.5, 0.6) is 0 Å². The predicted molar refractivity (Wildman–Crippen MR) is 75.2 cm³/mol.